The minimum atomic E-state index is -0.364. The highest BCUT2D eigenvalue weighted by Crippen LogP contribution is 2.33. The molecule has 19 heavy (non-hydrogen) atoms. The summed E-state index contributed by atoms with van der Waals surface area (Å²) in [4.78, 5) is 0. The third-order valence-corrected chi connectivity index (χ3v) is 3.93. The Morgan fingerprint density at radius 3 is 2.42 bits per heavy atom. The zero-order chi connectivity index (χ0) is 14.0. The van der Waals surface area contributed by atoms with Crippen LogP contribution >= 0.6 is 31.9 Å². The van der Waals surface area contributed by atoms with Crippen LogP contribution in [0.1, 0.15) is 11.1 Å². The predicted molar refractivity (Wildman–Crippen MR) is 82.0 cm³/mol. The number of nitrogens with one attached hydrogen (secondary N) is 1. The first kappa shape index (κ1) is 14.3. The predicted octanol–water partition coefficient (Wildman–Crippen LogP) is 4.98. The van der Waals surface area contributed by atoms with Gasteiger partial charge in [0.15, 0.2) is 0 Å². The standard InChI is InChI=1S/C14H12Br2FNO/c1-8-4-11(15)14(12(16)5-8)18-7-9-6-10(17)2-3-13(9)19/h2-6,18-19H,7H2,1H3. The number of aryl methyl sites for hydroxylation is 1. The van der Waals surface area contributed by atoms with Crippen molar-refractivity contribution < 1.29 is 9.50 Å². The second kappa shape index (κ2) is 5.92. The molecule has 0 unspecified atom stereocenters. The van der Waals surface area contributed by atoms with Gasteiger partial charge in [0, 0.05) is 21.1 Å². The Kier molecular flexibility index (Phi) is 4.47. The Balaban J connectivity index is 2.21. The van der Waals surface area contributed by atoms with Crippen LogP contribution in [-0.4, -0.2) is 5.11 Å². The minimum Gasteiger partial charge on any atom is -0.508 e. The lowest BCUT2D eigenvalue weighted by Gasteiger charge is -2.12. The van der Waals surface area contributed by atoms with Gasteiger partial charge in [0.05, 0.1) is 5.69 Å². The van der Waals surface area contributed by atoms with Gasteiger partial charge >= 0.3 is 0 Å². The molecule has 2 N–H and O–H groups in total. The van der Waals surface area contributed by atoms with E-state index in [1.807, 2.05) is 19.1 Å². The second-order valence-corrected chi connectivity index (χ2v) is 5.94. The first-order valence-corrected chi connectivity index (χ1v) is 7.23. The molecule has 0 atom stereocenters. The molecule has 0 saturated carbocycles. The summed E-state index contributed by atoms with van der Waals surface area (Å²) in [5, 5.41) is 12.8. The summed E-state index contributed by atoms with van der Waals surface area (Å²) in [5.74, 6) is -0.287. The lowest BCUT2D eigenvalue weighted by atomic mass is 10.2. The smallest absolute Gasteiger partial charge is 0.123 e. The Labute approximate surface area is 127 Å². The molecule has 2 rings (SSSR count). The molecule has 0 aliphatic heterocycles. The molecule has 5 heteroatoms. The zero-order valence-corrected chi connectivity index (χ0v) is 13.3. The number of phenolic OH excluding ortho intramolecular Hbond substituents is 1. The molecule has 2 aromatic carbocycles. The Morgan fingerprint density at radius 1 is 1.16 bits per heavy atom. The molecule has 0 bridgehead atoms. The van der Waals surface area contributed by atoms with Crippen molar-refractivity contribution in [1.82, 2.24) is 0 Å². The number of halogens is 3. The van der Waals surface area contributed by atoms with Gasteiger partial charge in [-0.2, -0.15) is 0 Å². The van der Waals surface area contributed by atoms with Crippen LogP contribution in [0.5, 0.6) is 5.75 Å². The first-order chi connectivity index (χ1) is 8.97. The maximum atomic E-state index is 13.1. The van der Waals surface area contributed by atoms with Crippen LogP contribution < -0.4 is 5.32 Å². The van der Waals surface area contributed by atoms with Gasteiger partial charge in [0.1, 0.15) is 11.6 Å². The van der Waals surface area contributed by atoms with Gasteiger partial charge in [-0.15, -0.1) is 0 Å². The van der Waals surface area contributed by atoms with E-state index in [0.717, 1.165) is 20.2 Å². The van der Waals surface area contributed by atoms with Crippen LogP contribution in [0.2, 0.25) is 0 Å². The summed E-state index contributed by atoms with van der Waals surface area (Å²) in [5.41, 5.74) is 2.51. The monoisotopic (exact) mass is 387 g/mol. The zero-order valence-electron chi connectivity index (χ0n) is 10.2. The highest BCUT2D eigenvalue weighted by Gasteiger charge is 2.08. The van der Waals surface area contributed by atoms with Crippen molar-refractivity contribution in [2.24, 2.45) is 0 Å². The summed E-state index contributed by atoms with van der Waals surface area (Å²) in [6.45, 7) is 2.33. The lowest BCUT2D eigenvalue weighted by molar-refractivity contribution is 0.466. The van der Waals surface area contributed by atoms with Crippen molar-refractivity contribution in [3.05, 3.63) is 56.2 Å². The van der Waals surface area contributed by atoms with Crippen molar-refractivity contribution in [2.75, 3.05) is 5.32 Å². The summed E-state index contributed by atoms with van der Waals surface area (Å²) in [6, 6.07) is 7.87. The highest BCUT2D eigenvalue weighted by molar-refractivity contribution is 9.11. The van der Waals surface area contributed by atoms with Crippen molar-refractivity contribution in [3.63, 3.8) is 0 Å². The Bertz CT molecular complexity index is 593. The number of hydrogen-bond acceptors (Lipinski definition) is 2. The van der Waals surface area contributed by atoms with E-state index in [1.54, 1.807) is 0 Å². The van der Waals surface area contributed by atoms with Gasteiger partial charge in [0.2, 0.25) is 0 Å². The maximum Gasteiger partial charge on any atom is 0.123 e. The van der Waals surface area contributed by atoms with Crippen LogP contribution in [0.4, 0.5) is 10.1 Å². The van der Waals surface area contributed by atoms with Gasteiger partial charge in [0.25, 0.3) is 0 Å². The van der Waals surface area contributed by atoms with E-state index < -0.39 is 0 Å². The molecule has 0 fully saturated rings. The van der Waals surface area contributed by atoms with E-state index in [4.69, 9.17) is 0 Å². The van der Waals surface area contributed by atoms with E-state index >= 15 is 0 Å². The van der Waals surface area contributed by atoms with Crippen LogP contribution in [-0.2, 0) is 6.54 Å². The van der Waals surface area contributed by atoms with E-state index in [1.165, 1.54) is 18.2 Å². The molecule has 100 valence electrons. The normalized spacial score (nSPS) is 10.5. The van der Waals surface area contributed by atoms with E-state index in [0.29, 0.717) is 12.1 Å². The molecule has 2 nitrogen and oxygen atoms in total. The topological polar surface area (TPSA) is 32.3 Å². The molecule has 0 saturated heterocycles. The number of anilines is 1. The maximum absolute atomic E-state index is 13.1. The first-order valence-electron chi connectivity index (χ1n) is 5.64. The van der Waals surface area contributed by atoms with Crippen molar-refractivity contribution in [1.29, 1.82) is 0 Å². The summed E-state index contributed by atoms with van der Waals surface area (Å²) in [7, 11) is 0. The summed E-state index contributed by atoms with van der Waals surface area (Å²) < 4.78 is 15.0. The van der Waals surface area contributed by atoms with Crippen LogP contribution in [0.25, 0.3) is 0 Å². The van der Waals surface area contributed by atoms with Gasteiger partial charge in [-0.3, -0.25) is 0 Å². The van der Waals surface area contributed by atoms with Gasteiger partial charge < -0.3 is 10.4 Å². The average molecular weight is 389 g/mol. The third-order valence-electron chi connectivity index (χ3n) is 2.68. The van der Waals surface area contributed by atoms with Crippen molar-refractivity contribution >= 4 is 37.5 Å². The van der Waals surface area contributed by atoms with Gasteiger partial charge in [-0.1, -0.05) is 0 Å². The highest BCUT2D eigenvalue weighted by atomic mass is 79.9. The summed E-state index contributed by atoms with van der Waals surface area (Å²) in [6.07, 6.45) is 0. The number of rotatable bonds is 3. The number of hydrogen-bond donors (Lipinski definition) is 2. The van der Waals surface area contributed by atoms with E-state index in [2.05, 4.69) is 37.2 Å². The lowest BCUT2D eigenvalue weighted by Crippen LogP contribution is -2.02. The second-order valence-electron chi connectivity index (χ2n) is 4.23. The molecule has 2 aromatic rings. The molecule has 0 aromatic heterocycles. The SMILES string of the molecule is Cc1cc(Br)c(NCc2cc(F)ccc2O)c(Br)c1. The van der Waals surface area contributed by atoms with Crippen molar-refractivity contribution in [2.45, 2.75) is 13.5 Å². The van der Waals surface area contributed by atoms with E-state index in [-0.39, 0.29) is 11.6 Å². The number of aromatic hydroxyl groups is 1. The van der Waals surface area contributed by atoms with Gasteiger partial charge in [-0.25, -0.2) is 4.39 Å². The minimum absolute atomic E-state index is 0.0771. The molecular weight excluding hydrogens is 377 g/mol. The molecule has 0 aliphatic carbocycles. The van der Waals surface area contributed by atoms with E-state index in [9.17, 15) is 9.50 Å². The molecule has 0 aliphatic rings. The number of phenols is 1. The van der Waals surface area contributed by atoms with Crippen LogP contribution in [0.3, 0.4) is 0 Å². The fourth-order valence-corrected chi connectivity index (χ4v) is 3.44. The quantitative estimate of drug-likeness (QED) is 0.777. The molecule has 0 amide bonds. The third kappa shape index (κ3) is 3.48. The van der Waals surface area contributed by atoms with Crippen LogP contribution in [0, 0.1) is 12.7 Å². The fraction of sp³-hybridized carbons (Fsp3) is 0.143. The van der Waals surface area contributed by atoms with Crippen molar-refractivity contribution in [3.8, 4) is 5.75 Å². The van der Waals surface area contributed by atoms with Gasteiger partial charge in [-0.05, 0) is 74.7 Å². The molecule has 0 heterocycles. The largest absolute Gasteiger partial charge is 0.508 e. The Morgan fingerprint density at radius 2 is 1.79 bits per heavy atom. The Hall–Kier alpha value is -1.07. The van der Waals surface area contributed by atoms with Crippen LogP contribution in [0.15, 0.2) is 39.3 Å². The fourth-order valence-electron chi connectivity index (χ4n) is 1.75. The molecule has 0 spiro atoms. The molecular formula is C14H12Br2FNO. The molecule has 0 radical (unpaired) electrons. The number of benzene rings is 2. The average Bonchev–Trinajstić information content (AvgIpc) is 2.32. The summed E-state index contributed by atoms with van der Waals surface area (Å²) >= 11 is 6.95.